The third kappa shape index (κ3) is 3.36. The topological polar surface area (TPSA) is 46.5 Å². The molecule has 0 spiro atoms. The zero-order valence-corrected chi connectivity index (χ0v) is 10.6. The maximum atomic E-state index is 10.7. The van der Waals surface area contributed by atoms with Gasteiger partial charge in [0.2, 0.25) is 0 Å². The lowest BCUT2D eigenvalue weighted by Crippen LogP contribution is -2.01. The van der Waals surface area contributed by atoms with Gasteiger partial charge in [-0.3, -0.25) is 4.79 Å². The number of carbonyl (C=O) groups is 1. The lowest BCUT2D eigenvalue weighted by Gasteiger charge is -2.07. The number of carboxylic acid groups (broad SMARTS) is 1. The second-order valence-electron chi connectivity index (χ2n) is 4.57. The predicted octanol–water partition coefficient (Wildman–Crippen LogP) is 3.20. The minimum absolute atomic E-state index is 0.0699. The van der Waals surface area contributed by atoms with Gasteiger partial charge in [0.05, 0.1) is 19.3 Å². The summed E-state index contributed by atoms with van der Waals surface area (Å²) in [5.74, 6) is -0.154. The first-order chi connectivity index (χ1) is 8.70. The molecule has 1 fully saturated rings. The van der Waals surface area contributed by atoms with Crippen molar-refractivity contribution in [1.82, 2.24) is 0 Å². The molecular formula is C15H18O3. The van der Waals surface area contributed by atoms with E-state index in [1.54, 1.807) is 6.26 Å². The zero-order chi connectivity index (χ0) is 13.0. The Morgan fingerprint density at radius 2 is 2.28 bits per heavy atom. The number of hydrogen-bond acceptors (Lipinski definition) is 2. The van der Waals surface area contributed by atoms with Gasteiger partial charge in [0.15, 0.2) is 0 Å². The highest BCUT2D eigenvalue weighted by Crippen LogP contribution is 2.42. The molecule has 0 amide bonds. The molecule has 18 heavy (non-hydrogen) atoms. The van der Waals surface area contributed by atoms with Gasteiger partial charge in [-0.25, -0.2) is 0 Å². The third-order valence-electron chi connectivity index (χ3n) is 3.03. The van der Waals surface area contributed by atoms with Gasteiger partial charge in [-0.1, -0.05) is 18.2 Å². The van der Waals surface area contributed by atoms with Crippen molar-refractivity contribution in [2.24, 2.45) is 0 Å². The van der Waals surface area contributed by atoms with Crippen LogP contribution >= 0.6 is 0 Å². The Kier molecular flexibility index (Phi) is 4.03. The average Bonchev–Trinajstić information content (AvgIpc) is 3.13. The molecule has 1 aliphatic carbocycles. The standard InChI is InChI=1S/C15H18O3/c1-2-18-8-7-13-9-11(10-15(16)17)3-6-14(13)12-4-5-12/h3,6-9,12H,2,4-5,10H2,1H3,(H,16,17)/b8-7+. The van der Waals surface area contributed by atoms with Crippen molar-refractivity contribution in [3.05, 3.63) is 41.2 Å². The summed E-state index contributed by atoms with van der Waals surface area (Å²) in [5.41, 5.74) is 3.23. The Morgan fingerprint density at radius 1 is 1.50 bits per heavy atom. The van der Waals surface area contributed by atoms with Gasteiger partial charge >= 0.3 is 5.97 Å². The van der Waals surface area contributed by atoms with Gasteiger partial charge in [0, 0.05) is 0 Å². The summed E-state index contributed by atoms with van der Waals surface area (Å²) in [6, 6.07) is 5.93. The fourth-order valence-corrected chi connectivity index (χ4v) is 2.04. The number of ether oxygens (including phenoxy) is 1. The van der Waals surface area contributed by atoms with Crippen molar-refractivity contribution in [3.8, 4) is 0 Å². The van der Waals surface area contributed by atoms with E-state index in [1.807, 2.05) is 25.1 Å². The van der Waals surface area contributed by atoms with Crippen LogP contribution in [0.1, 0.15) is 42.4 Å². The first-order valence-electron chi connectivity index (χ1n) is 6.33. The Bertz CT molecular complexity index is 459. The van der Waals surface area contributed by atoms with E-state index in [4.69, 9.17) is 9.84 Å². The Labute approximate surface area is 107 Å². The Morgan fingerprint density at radius 3 is 2.89 bits per heavy atom. The van der Waals surface area contributed by atoms with Gasteiger partial charge in [0.25, 0.3) is 0 Å². The van der Waals surface area contributed by atoms with Crippen molar-refractivity contribution < 1.29 is 14.6 Å². The van der Waals surface area contributed by atoms with E-state index in [1.165, 1.54) is 18.4 Å². The first kappa shape index (κ1) is 12.7. The highest BCUT2D eigenvalue weighted by atomic mass is 16.5. The van der Waals surface area contributed by atoms with Crippen LogP contribution in [0.4, 0.5) is 0 Å². The molecule has 0 aromatic heterocycles. The van der Waals surface area contributed by atoms with E-state index in [2.05, 4.69) is 6.07 Å². The Hall–Kier alpha value is -1.77. The van der Waals surface area contributed by atoms with Crippen molar-refractivity contribution in [3.63, 3.8) is 0 Å². The van der Waals surface area contributed by atoms with Crippen LogP contribution in [-0.4, -0.2) is 17.7 Å². The van der Waals surface area contributed by atoms with Gasteiger partial charge in [-0.2, -0.15) is 0 Å². The highest BCUT2D eigenvalue weighted by Gasteiger charge is 2.25. The molecule has 1 N–H and O–H groups in total. The van der Waals surface area contributed by atoms with Crippen LogP contribution in [0.5, 0.6) is 0 Å². The van der Waals surface area contributed by atoms with Crippen LogP contribution in [0.15, 0.2) is 24.5 Å². The van der Waals surface area contributed by atoms with Crippen LogP contribution in [0.2, 0.25) is 0 Å². The molecule has 1 saturated carbocycles. The van der Waals surface area contributed by atoms with Gasteiger partial charge in [-0.15, -0.1) is 0 Å². The van der Waals surface area contributed by atoms with E-state index in [0.29, 0.717) is 12.5 Å². The second kappa shape index (κ2) is 5.71. The summed E-state index contributed by atoms with van der Waals surface area (Å²) in [4.78, 5) is 10.7. The molecular weight excluding hydrogens is 228 g/mol. The molecule has 1 aromatic carbocycles. The first-order valence-corrected chi connectivity index (χ1v) is 6.33. The monoisotopic (exact) mass is 246 g/mol. The molecule has 0 saturated heterocycles. The summed E-state index contributed by atoms with van der Waals surface area (Å²) < 4.78 is 5.22. The van der Waals surface area contributed by atoms with Gasteiger partial charge < -0.3 is 9.84 Å². The summed E-state index contributed by atoms with van der Waals surface area (Å²) >= 11 is 0. The van der Waals surface area contributed by atoms with Crippen molar-refractivity contribution in [2.45, 2.75) is 32.1 Å². The molecule has 0 atom stereocenters. The highest BCUT2D eigenvalue weighted by molar-refractivity contribution is 5.71. The minimum Gasteiger partial charge on any atom is -0.501 e. The maximum absolute atomic E-state index is 10.7. The number of rotatable bonds is 6. The van der Waals surface area contributed by atoms with E-state index in [9.17, 15) is 4.79 Å². The van der Waals surface area contributed by atoms with E-state index in [-0.39, 0.29) is 6.42 Å². The summed E-state index contributed by atoms with van der Waals surface area (Å²) in [6.45, 7) is 2.58. The molecule has 2 rings (SSSR count). The Balaban J connectivity index is 2.22. The second-order valence-corrected chi connectivity index (χ2v) is 4.57. The van der Waals surface area contributed by atoms with Crippen LogP contribution in [0, 0.1) is 0 Å². The molecule has 0 aliphatic heterocycles. The maximum Gasteiger partial charge on any atom is 0.307 e. The van der Waals surface area contributed by atoms with Crippen molar-refractivity contribution in [2.75, 3.05) is 6.61 Å². The van der Waals surface area contributed by atoms with Crippen LogP contribution < -0.4 is 0 Å². The van der Waals surface area contributed by atoms with E-state index >= 15 is 0 Å². The smallest absolute Gasteiger partial charge is 0.307 e. The zero-order valence-electron chi connectivity index (χ0n) is 10.6. The third-order valence-corrected chi connectivity index (χ3v) is 3.03. The average molecular weight is 246 g/mol. The number of benzene rings is 1. The van der Waals surface area contributed by atoms with Crippen LogP contribution in [0.3, 0.4) is 0 Å². The van der Waals surface area contributed by atoms with Gasteiger partial charge in [-0.05, 0) is 48.4 Å². The molecule has 0 unspecified atom stereocenters. The molecule has 96 valence electrons. The van der Waals surface area contributed by atoms with Crippen molar-refractivity contribution >= 4 is 12.0 Å². The number of aliphatic carboxylic acids is 1. The van der Waals surface area contributed by atoms with Crippen LogP contribution in [0.25, 0.3) is 6.08 Å². The summed E-state index contributed by atoms with van der Waals surface area (Å²) in [6.07, 6.45) is 6.15. The fourth-order valence-electron chi connectivity index (χ4n) is 2.04. The largest absolute Gasteiger partial charge is 0.501 e. The van der Waals surface area contributed by atoms with Gasteiger partial charge in [0.1, 0.15) is 0 Å². The molecule has 1 aliphatic rings. The minimum atomic E-state index is -0.797. The SMILES string of the molecule is CCO/C=C/c1cc(CC(=O)O)ccc1C1CC1. The molecule has 3 nitrogen and oxygen atoms in total. The molecule has 1 aromatic rings. The molecule has 0 radical (unpaired) electrons. The number of carboxylic acids is 1. The van der Waals surface area contributed by atoms with E-state index in [0.717, 1.165) is 11.1 Å². The summed E-state index contributed by atoms with van der Waals surface area (Å²) in [7, 11) is 0. The number of hydrogen-bond donors (Lipinski definition) is 1. The predicted molar refractivity (Wildman–Crippen MR) is 70.4 cm³/mol. The normalized spacial score (nSPS) is 14.9. The van der Waals surface area contributed by atoms with E-state index < -0.39 is 5.97 Å². The molecule has 3 heteroatoms. The molecule has 0 heterocycles. The fraction of sp³-hybridized carbons (Fsp3) is 0.400. The quantitative estimate of drug-likeness (QED) is 0.784. The van der Waals surface area contributed by atoms with Crippen LogP contribution in [-0.2, 0) is 16.0 Å². The van der Waals surface area contributed by atoms with Crippen molar-refractivity contribution in [1.29, 1.82) is 0 Å². The summed E-state index contributed by atoms with van der Waals surface area (Å²) in [5, 5.41) is 8.82. The molecule has 0 bridgehead atoms. The lowest BCUT2D eigenvalue weighted by atomic mass is 9.99. The lowest BCUT2D eigenvalue weighted by molar-refractivity contribution is -0.136.